The maximum Gasteiger partial charge on any atom is 0.338 e. The van der Waals surface area contributed by atoms with Gasteiger partial charge in [0.1, 0.15) is 13.2 Å². The van der Waals surface area contributed by atoms with Gasteiger partial charge in [-0.05, 0) is 23.8 Å². The van der Waals surface area contributed by atoms with E-state index >= 15 is 0 Å². The Hall–Kier alpha value is -3.65. The van der Waals surface area contributed by atoms with Crippen LogP contribution in [0.25, 0.3) is 4.96 Å². The van der Waals surface area contributed by atoms with Crippen LogP contribution in [0.4, 0.5) is 0 Å². The molecular weight excluding hydrogens is 404 g/mol. The SMILES string of the molecule is COc1cc(C(=O)OCc2cc(=O)n3ccsc3n2)ccc1OCc1ccccc1. The molecule has 30 heavy (non-hydrogen) atoms. The molecule has 0 radical (unpaired) electrons. The number of hydrogen-bond donors (Lipinski definition) is 0. The maximum absolute atomic E-state index is 12.4. The molecule has 0 aliphatic heterocycles. The predicted octanol–water partition coefficient (Wildman–Crippen LogP) is 3.70. The van der Waals surface area contributed by atoms with Gasteiger partial charge in [0, 0.05) is 17.6 Å². The minimum absolute atomic E-state index is 0.100. The Morgan fingerprint density at radius 3 is 2.70 bits per heavy atom. The van der Waals surface area contributed by atoms with Gasteiger partial charge in [0.05, 0.1) is 18.4 Å². The minimum atomic E-state index is -0.545. The molecule has 7 nitrogen and oxygen atoms in total. The lowest BCUT2D eigenvalue weighted by Crippen LogP contribution is -2.14. The lowest BCUT2D eigenvalue weighted by molar-refractivity contribution is 0.0467. The molecule has 0 bridgehead atoms. The van der Waals surface area contributed by atoms with Crippen molar-refractivity contribution in [2.24, 2.45) is 0 Å². The fraction of sp³-hybridized carbons (Fsp3) is 0.136. The number of nitrogens with zero attached hydrogens (tertiary/aromatic N) is 2. The molecule has 0 atom stereocenters. The summed E-state index contributed by atoms with van der Waals surface area (Å²) in [7, 11) is 1.51. The number of rotatable bonds is 7. The zero-order valence-corrected chi connectivity index (χ0v) is 16.9. The normalized spacial score (nSPS) is 10.7. The third-order valence-corrected chi connectivity index (χ3v) is 5.10. The Bertz CT molecular complexity index is 1230. The first kappa shape index (κ1) is 19.7. The Kier molecular flexibility index (Phi) is 5.76. The first-order valence-electron chi connectivity index (χ1n) is 9.12. The summed E-state index contributed by atoms with van der Waals surface area (Å²) >= 11 is 1.34. The number of hydrogen-bond acceptors (Lipinski definition) is 7. The van der Waals surface area contributed by atoms with E-state index < -0.39 is 5.97 Å². The van der Waals surface area contributed by atoms with Crippen LogP contribution in [0.5, 0.6) is 11.5 Å². The van der Waals surface area contributed by atoms with Crippen molar-refractivity contribution < 1.29 is 19.0 Å². The number of carbonyl (C=O) groups excluding carboxylic acids is 1. The van der Waals surface area contributed by atoms with Crippen LogP contribution in [0.15, 0.2) is 71.0 Å². The Morgan fingerprint density at radius 1 is 1.07 bits per heavy atom. The van der Waals surface area contributed by atoms with Crippen molar-refractivity contribution in [1.29, 1.82) is 0 Å². The second kappa shape index (κ2) is 8.79. The number of thiazole rings is 1. The lowest BCUT2D eigenvalue weighted by Gasteiger charge is -2.12. The molecule has 2 aromatic heterocycles. The second-order valence-corrected chi connectivity index (χ2v) is 7.23. The summed E-state index contributed by atoms with van der Waals surface area (Å²) in [6, 6.07) is 15.9. The molecule has 4 rings (SSSR count). The van der Waals surface area contributed by atoms with E-state index in [-0.39, 0.29) is 12.2 Å². The second-order valence-electron chi connectivity index (χ2n) is 6.36. The number of methoxy groups -OCH3 is 1. The summed E-state index contributed by atoms with van der Waals surface area (Å²) in [4.78, 5) is 29.3. The fourth-order valence-electron chi connectivity index (χ4n) is 2.83. The highest BCUT2D eigenvalue weighted by atomic mass is 32.1. The molecule has 0 amide bonds. The van der Waals surface area contributed by atoms with Crippen LogP contribution in [-0.4, -0.2) is 22.5 Å². The number of carbonyl (C=O) groups is 1. The summed E-state index contributed by atoms with van der Waals surface area (Å²) in [5.41, 5.74) is 1.52. The summed E-state index contributed by atoms with van der Waals surface area (Å²) in [6.45, 7) is 0.282. The van der Waals surface area contributed by atoms with Crippen molar-refractivity contribution >= 4 is 22.3 Å². The Labute approximate surface area is 176 Å². The highest BCUT2D eigenvalue weighted by molar-refractivity contribution is 7.15. The summed E-state index contributed by atoms with van der Waals surface area (Å²) in [5.74, 6) is 0.406. The molecule has 2 heterocycles. The van der Waals surface area contributed by atoms with Crippen LogP contribution < -0.4 is 15.0 Å². The number of ether oxygens (including phenoxy) is 3. The molecule has 0 unspecified atom stereocenters. The van der Waals surface area contributed by atoms with Gasteiger partial charge in [-0.15, -0.1) is 11.3 Å². The van der Waals surface area contributed by atoms with Crippen molar-refractivity contribution in [3.63, 3.8) is 0 Å². The first-order valence-corrected chi connectivity index (χ1v) is 9.99. The van der Waals surface area contributed by atoms with E-state index in [1.165, 1.54) is 28.9 Å². The molecule has 0 saturated heterocycles. The van der Waals surface area contributed by atoms with Crippen LogP contribution in [0.1, 0.15) is 21.6 Å². The lowest BCUT2D eigenvalue weighted by atomic mass is 10.2. The molecule has 8 heteroatoms. The van der Waals surface area contributed by atoms with Gasteiger partial charge in [-0.2, -0.15) is 0 Å². The van der Waals surface area contributed by atoms with Crippen LogP contribution in [-0.2, 0) is 18.0 Å². The fourth-order valence-corrected chi connectivity index (χ4v) is 3.57. The molecule has 0 N–H and O–H groups in total. The van der Waals surface area contributed by atoms with Crippen LogP contribution in [0, 0.1) is 0 Å². The number of benzene rings is 2. The standard InChI is InChI=1S/C22H18N2O5S/c1-27-19-11-16(7-8-18(19)28-13-15-5-3-2-4-6-15)21(26)29-14-17-12-20(25)24-9-10-30-22(24)23-17/h2-12H,13-14H2,1H3. The largest absolute Gasteiger partial charge is 0.493 e. The zero-order chi connectivity index (χ0) is 20.9. The number of aromatic nitrogens is 2. The number of esters is 1. The van der Waals surface area contributed by atoms with E-state index in [2.05, 4.69) is 4.98 Å². The van der Waals surface area contributed by atoms with E-state index in [0.717, 1.165) is 5.56 Å². The van der Waals surface area contributed by atoms with Crippen molar-refractivity contribution in [3.05, 3.63) is 93.3 Å². The topological polar surface area (TPSA) is 79.1 Å². The van der Waals surface area contributed by atoms with Gasteiger partial charge in [-0.1, -0.05) is 30.3 Å². The van der Waals surface area contributed by atoms with E-state index in [4.69, 9.17) is 14.2 Å². The molecule has 0 aliphatic carbocycles. The molecule has 152 valence electrons. The number of fused-ring (bicyclic) bond motifs is 1. The smallest absolute Gasteiger partial charge is 0.338 e. The summed E-state index contributed by atoms with van der Waals surface area (Å²) < 4.78 is 17.9. The van der Waals surface area contributed by atoms with Crippen molar-refractivity contribution in [2.45, 2.75) is 13.2 Å². The zero-order valence-electron chi connectivity index (χ0n) is 16.1. The highest BCUT2D eigenvalue weighted by Crippen LogP contribution is 2.29. The third kappa shape index (κ3) is 4.33. The Morgan fingerprint density at radius 2 is 1.90 bits per heavy atom. The van der Waals surface area contributed by atoms with Gasteiger partial charge < -0.3 is 14.2 Å². The van der Waals surface area contributed by atoms with Crippen LogP contribution in [0.3, 0.4) is 0 Å². The molecule has 4 aromatic rings. The van der Waals surface area contributed by atoms with Crippen LogP contribution >= 0.6 is 11.3 Å². The predicted molar refractivity (Wildman–Crippen MR) is 112 cm³/mol. The van der Waals surface area contributed by atoms with Crippen molar-refractivity contribution in [2.75, 3.05) is 7.11 Å². The van der Waals surface area contributed by atoms with Gasteiger partial charge >= 0.3 is 5.97 Å². The molecule has 0 fully saturated rings. The minimum Gasteiger partial charge on any atom is -0.493 e. The van der Waals surface area contributed by atoms with Gasteiger partial charge in [0.25, 0.3) is 5.56 Å². The van der Waals surface area contributed by atoms with Crippen LogP contribution in [0.2, 0.25) is 0 Å². The van der Waals surface area contributed by atoms with E-state index in [9.17, 15) is 9.59 Å². The van der Waals surface area contributed by atoms with Gasteiger partial charge in [-0.25, -0.2) is 9.78 Å². The van der Waals surface area contributed by atoms with Crippen molar-refractivity contribution in [3.8, 4) is 11.5 Å². The summed E-state index contributed by atoms with van der Waals surface area (Å²) in [5, 5.41) is 1.77. The molecular formula is C22H18N2O5S. The average molecular weight is 422 g/mol. The first-order chi connectivity index (χ1) is 14.6. The van der Waals surface area contributed by atoms with Crippen molar-refractivity contribution in [1.82, 2.24) is 9.38 Å². The molecule has 0 spiro atoms. The van der Waals surface area contributed by atoms with E-state index in [1.54, 1.807) is 29.8 Å². The Balaban J connectivity index is 1.43. The van der Waals surface area contributed by atoms with E-state index in [0.29, 0.717) is 34.3 Å². The average Bonchev–Trinajstić information content (AvgIpc) is 3.26. The monoisotopic (exact) mass is 422 g/mol. The van der Waals surface area contributed by atoms with Gasteiger partial charge in [0.15, 0.2) is 16.5 Å². The summed E-state index contributed by atoms with van der Waals surface area (Å²) in [6.07, 6.45) is 1.65. The molecule has 2 aromatic carbocycles. The highest BCUT2D eigenvalue weighted by Gasteiger charge is 2.14. The third-order valence-electron chi connectivity index (χ3n) is 4.34. The van der Waals surface area contributed by atoms with Gasteiger partial charge in [-0.3, -0.25) is 9.20 Å². The van der Waals surface area contributed by atoms with E-state index in [1.807, 2.05) is 30.3 Å². The molecule has 0 saturated carbocycles. The van der Waals surface area contributed by atoms with Gasteiger partial charge in [0.2, 0.25) is 0 Å². The quantitative estimate of drug-likeness (QED) is 0.423. The molecule has 0 aliphatic rings. The maximum atomic E-state index is 12.4.